The minimum Gasteiger partial charge on any atom is -0.480 e. The van der Waals surface area contributed by atoms with E-state index in [2.05, 4.69) is 35.6 Å². The van der Waals surface area contributed by atoms with Crippen molar-refractivity contribution < 1.29 is 14.6 Å². The Kier molecular flexibility index (Phi) is 5.45. The predicted octanol–water partition coefficient (Wildman–Crippen LogP) is 4.09. The lowest BCUT2D eigenvalue weighted by atomic mass is 9.70. The number of amides is 2. The van der Waals surface area contributed by atoms with Gasteiger partial charge >= 0.3 is 6.03 Å². The Morgan fingerprint density at radius 3 is 2.55 bits per heavy atom. The molecule has 0 bridgehead atoms. The van der Waals surface area contributed by atoms with Crippen LogP contribution in [0.1, 0.15) is 43.0 Å². The molecule has 0 saturated heterocycles. The van der Waals surface area contributed by atoms with Gasteiger partial charge in [0.15, 0.2) is 0 Å². The second-order valence-electron chi connectivity index (χ2n) is 8.55. The number of aliphatic hydroxyl groups is 1. The molecule has 2 atom stereocenters. The third-order valence-corrected chi connectivity index (χ3v) is 5.92. The van der Waals surface area contributed by atoms with E-state index in [0.29, 0.717) is 23.7 Å². The number of nitrogens with zero attached hydrogens (tertiary/aromatic N) is 2. The number of methoxy groups -OCH3 is 1. The molecule has 31 heavy (non-hydrogen) atoms. The van der Waals surface area contributed by atoms with Crippen LogP contribution in [0.25, 0.3) is 5.69 Å². The predicted molar refractivity (Wildman–Crippen MR) is 120 cm³/mol. The molecule has 3 aromatic rings. The largest absolute Gasteiger partial charge is 0.480 e. The lowest BCUT2D eigenvalue weighted by molar-refractivity contribution is 0.0883. The molecule has 4 rings (SSSR count). The van der Waals surface area contributed by atoms with E-state index in [0.717, 1.165) is 16.8 Å². The highest BCUT2D eigenvalue weighted by atomic mass is 16.5. The van der Waals surface area contributed by atoms with Crippen LogP contribution in [0.5, 0.6) is 5.88 Å². The molecule has 2 aromatic carbocycles. The molecule has 0 aliphatic heterocycles. The zero-order valence-electron chi connectivity index (χ0n) is 18.2. The van der Waals surface area contributed by atoms with Crippen molar-refractivity contribution >= 4 is 11.8 Å². The molecule has 7 nitrogen and oxygen atoms in total. The van der Waals surface area contributed by atoms with Crippen LogP contribution >= 0.6 is 0 Å². The van der Waals surface area contributed by atoms with E-state index in [-0.39, 0.29) is 5.41 Å². The fourth-order valence-corrected chi connectivity index (χ4v) is 4.37. The van der Waals surface area contributed by atoms with Gasteiger partial charge in [-0.25, -0.2) is 9.48 Å². The van der Waals surface area contributed by atoms with Crippen molar-refractivity contribution in [3.63, 3.8) is 0 Å². The Bertz CT molecular complexity index is 1090. The van der Waals surface area contributed by atoms with Gasteiger partial charge in [0.25, 0.3) is 0 Å². The topological polar surface area (TPSA) is 88.4 Å². The van der Waals surface area contributed by atoms with Crippen molar-refractivity contribution in [3.8, 4) is 11.6 Å². The number of carbonyl (C=O) groups is 1. The number of aromatic nitrogens is 2. The third kappa shape index (κ3) is 3.88. The van der Waals surface area contributed by atoms with E-state index in [9.17, 15) is 9.90 Å². The second kappa shape index (κ2) is 8.07. The van der Waals surface area contributed by atoms with Gasteiger partial charge in [0, 0.05) is 0 Å². The Labute approximate surface area is 182 Å². The van der Waals surface area contributed by atoms with Gasteiger partial charge in [-0.15, -0.1) is 5.10 Å². The lowest BCUT2D eigenvalue weighted by Crippen LogP contribution is -2.45. The first kappa shape index (κ1) is 20.9. The van der Waals surface area contributed by atoms with Crippen LogP contribution in [-0.2, 0) is 5.41 Å². The second-order valence-corrected chi connectivity index (χ2v) is 8.55. The number of carbonyl (C=O) groups excluding carboxylic acids is 1. The smallest absolute Gasteiger partial charge is 0.320 e. The minimum atomic E-state index is -0.690. The van der Waals surface area contributed by atoms with Gasteiger partial charge in [-0.3, -0.25) is 5.32 Å². The fraction of sp³-hybridized carbons (Fsp3) is 0.333. The Hall–Kier alpha value is -3.32. The van der Waals surface area contributed by atoms with E-state index < -0.39 is 18.2 Å². The number of para-hydroxylation sites is 1. The van der Waals surface area contributed by atoms with E-state index >= 15 is 0 Å². The summed E-state index contributed by atoms with van der Waals surface area (Å²) in [6.07, 6.45) is -0.130. The summed E-state index contributed by atoms with van der Waals surface area (Å²) in [5.41, 5.74) is 3.42. The molecule has 2 amide bonds. The number of hydrogen-bond donors (Lipinski definition) is 3. The molecular weight excluding hydrogens is 392 g/mol. The molecule has 0 saturated carbocycles. The first-order valence-corrected chi connectivity index (χ1v) is 10.4. The maximum Gasteiger partial charge on any atom is 0.320 e. The van der Waals surface area contributed by atoms with Crippen LogP contribution in [0.15, 0.2) is 54.6 Å². The number of hydrogen-bond acceptors (Lipinski definition) is 4. The molecule has 1 aliphatic carbocycles. The first-order valence-electron chi connectivity index (χ1n) is 10.4. The van der Waals surface area contributed by atoms with Crippen LogP contribution < -0.4 is 15.4 Å². The van der Waals surface area contributed by atoms with Crippen molar-refractivity contribution in [2.45, 2.75) is 44.8 Å². The highest BCUT2D eigenvalue weighted by Crippen LogP contribution is 2.41. The normalized spacial score (nSPS) is 19.4. The van der Waals surface area contributed by atoms with Crippen molar-refractivity contribution in [1.82, 2.24) is 15.1 Å². The summed E-state index contributed by atoms with van der Waals surface area (Å²) in [6.45, 7) is 6.06. The van der Waals surface area contributed by atoms with E-state index in [1.165, 1.54) is 0 Å². The standard InChI is InChI=1S/C24H28N4O3/c1-15-21(28(27-22(15)31-4)16-10-6-5-7-11-16)26-23(30)25-20-17-12-8-9-13-18(17)24(2,3)14-19(20)29/h5-13,19-20,29H,14H2,1-4H3,(H2,25,26,30)/t19-,20-/m1/s1. The van der Waals surface area contributed by atoms with Gasteiger partial charge in [0.1, 0.15) is 5.82 Å². The van der Waals surface area contributed by atoms with Crippen molar-refractivity contribution in [2.75, 3.05) is 12.4 Å². The van der Waals surface area contributed by atoms with Crippen LogP contribution in [0, 0.1) is 6.92 Å². The molecule has 1 heterocycles. The number of urea groups is 1. The van der Waals surface area contributed by atoms with Gasteiger partial charge in [-0.2, -0.15) is 0 Å². The quantitative estimate of drug-likeness (QED) is 0.593. The summed E-state index contributed by atoms with van der Waals surface area (Å²) in [6, 6.07) is 16.6. The average Bonchev–Trinajstić information content (AvgIpc) is 3.07. The molecular formula is C24H28N4O3. The summed E-state index contributed by atoms with van der Waals surface area (Å²) in [4.78, 5) is 13.0. The van der Waals surface area contributed by atoms with Crippen LogP contribution in [-0.4, -0.2) is 34.1 Å². The third-order valence-electron chi connectivity index (χ3n) is 5.92. The Morgan fingerprint density at radius 2 is 1.84 bits per heavy atom. The molecule has 0 unspecified atom stereocenters. The lowest BCUT2D eigenvalue weighted by Gasteiger charge is -2.40. The number of rotatable bonds is 4. The number of anilines is 1. The van der Waals surface area contributed by atoms with Crippen LogP contribution in [0.4, 0.5) is 10.6 Å². The zero-order valence-corrected chi connectivity index (χ0v) is 18.2. The van der Waals surface area contributed by atoms with Crippen molar-refractivity contribution in [3.05, 3.63) is 71.3 Å². The molecule has 0 radical (unpaired) electrons. The monoisotopic (exact) mass is 420 g/mol. The Balaban J connectivity index is 1.62. The Morgan fingerprint density at radius 1 is 1.16 bits per heavy atom. The van der Waals surface area contributed by atoms with Crippen LogP contribution in [0.3, 0.4) is 0 Å². The number of fused-ring (bicyclic) bond motifs is 1. The minimum absolute atomic E-state index is 0.166. The number of nitrogens with one attached hydrogen (secondary N) is 2. The van der Waals surface area contributed by atoms with E-state index in [1.54, 1.807) is 11.8 Å². The molecule has 162 valence electrons. The van der Waals surface area contributed by atoms with Gasteiger partial charge in [-0.05, 0) is 42.0 Å². The molecule has 3 N–H and O–H groups in total. The first-order chi connectivity index (χ1) is 14.8. The van der Waals surface area contributed by atoms with E-state index in [1.807, 2.05) is 55.5 Å². The molecule has 1 aromatic heterocycles. The summed E-state index contributed by atoms with van der Waals surface area (Å²) >= 11 is 0. The van der Waals surface area contributed by atoms with Gasteiger partial charge in [0.05, 0.1) is 30.5 Å². The summed E-state index contributed by atoms with van der Waals surface area (Å²) in [5.74, 6) is 0.948. The van der Waals surface area contributed by atoms with Crippen molar-refractivity contribution in [2.24, 2.45) is 0 Å². The average molecular weight is 421 g/mol. The summed E-state index contributed by atoms with van der Waals surface area (Å²) in [5, 5.41) is 21.2. The zero-order chi connectivity index (χ0) is 22.2. The molecule has 0 spiro atoms. The fourth-order valence-electron chi connectivity index (χ4n) is 4.37. The number of ether oxygens (including phenoxy) is 1. The van der Waals surface area contributed by atoms with Gasteiger partial charge in [-0.1, -0.05) is 56.3 Å². The molecule has 1 aliphatic rings. The van der Waals surface area contributed by atoms with Crippen LogP contribution in [0.2, 0.25) is 0 Å². The van der Waals surface area contributed by atoms with Crippen molar-refractivity contribution in [1.29, 1.82) is 0 Å². The highest BCUT2D eigenvalue weighted by molar-refractivity contribution is 5.90. The molecule has 0 fully saturated rings. The number of aliphatic hydroxyl groups excluding tert-OH is 1. The van der Waals surface area contributed by atoms with Gasteiger partial charge in [0.2, 0.25) is 5.88 Å². The van der Waals surface area contributed by atoms with Gasteiger partial charge < -0.3 is 15.2 Å². The summed E-state index contributed by atoms with van der Waals surface area (Å²) < 4.78 is 7.00. The number of benzene rings is 2. The summed E-state index contributed by atoms with van der Waals surface area (Å²) in [7, 11) is 1.55. The highest BCUT2D eigenvalue weighted by Gasteiger charge is 2.39. The SMILES string of the molecule is COc1nn(-c2ccccc2)c(NC(=O)N[C@@H]2c3ccccc3C(C)(C)C[C@H]2O)c1C. The molecule has 7 heteroatoms. The van der Waals surface area contributed by atoms with E-state index in [4.69, 9.17) is 4.74 Å². The maximum atomic E-state index is 13.0. The maximum absolute atomic E-state index is 13.0.